The molecule has 328 valence electrons. The summed E-state index contributed by atoms with van der Waals surface area (Å²) in [6.07, 6.45) is 0. The van der Waals surface area contributed by atoms with Crippen LogP contribution in [0.2, 0.25) is 0 Å². The summed E-state index contributed by atoms with van der Waals surface area (Å²) in [5.41, 5.74) is 13.0. The maximum Gasteiger partial charge on any atom is 0.179 e. The van der Waals surface area contributed by atoms with Gasteiger partial charge in [-0.2, -0.15) is 0 Å². The number of hydrogen-bond donors (Lipinski definition) is 0. The third-order valence-corrected chi connectivity index (χ3v) is 19.5. The Hall–Kier alpha value is -8.96. The third kappa shape index (κ3) is 6.00. The second-order valence-electron chi connectivity index (χ2n) is 18.4. The van der Waals surface area contributed by atoms with Crippen LogP contribution in [0.3, 0.4) is 0 Å². The van der Waals surface area contributed by atoms with Gasteiger partial charge in [-0.15, -0.1) is 0 Å². The van der Waals surface area contributed by atoms with Gasteiger partial charge in [0.05, 0.1) is 33.1 Å². The van der Waals surface area contributed by atoms with Gasteiger partial charge in [-0.1, -0.05) is 200 Å². The first-order valence-corrected chi connectivity index (χ1v) is 26.2. The van der Waals surface area contributed by atoms with E-state index >= 15 is 0 Å². The summed E-state index contributed by atoms with van der Waals surface area (Å²) in [6, 6.07) is 101. The van der Waals surface area contributed by atoms with Crippen molar-refractivity contribution in [1.82, 2.24) is 13.7 Å². The van der Waals surface area contributed by atoms with Gasteiger partial charge in [-0.25, -0.2) is 0 Å². The first-order valence-electron chi connectivity index (χ1n) is 24.2. The molecular formula is C66H45N3Si. The highest BCUT2D eigenvalue weighted by Gasteiger charge is 2.41. The van der Waals surface area contributed by atoms with Gasteiger partial charge >= 0.3 is 0 Å². The molecule has 3 aromatic heterocycles. The highest BCUT2D eigenvalue weighted by Crippen LogP contribution is 2.42. The van der Waals surface area contributed by atoms with Gasteiger partial charge in [0, 0.05) is 49.4 Å². The van der Waals surface area contributed by atoms with Crippen LogP contribution in [0.25, 0.3) is 93.6 Å². The molecule has 0 aliphatic rings. The lowest BCUT2D eigenvalue weighted by Crippen LogP contribution is -2.74. The van der Waals surface area contributed by atoms with E-state index in [1.54, 1.807) is 0 Å². The molecular weight excluding hydrogens is 863 g/mol. The SMILES string of the molecule is c1ccc(-n2c3ccccc3c3c(-c4ccc5c(c4)c4ccccc4n5-c4ccc5c6ccccc6n(-c6cccc([Si](c7ccccc7)(c7ccccc7)c7ccccc7)c6)c5c4)cccc32)cc1. The second-order valence-corrected chi connectivity index (χ2v) is 22.2. The molecule has 3 heterocycles. The molecule has 0 aliphatic carbocycles. The summed E-state index contributed by atoms with van der Waals surface area (Å²) >= 11 is 0. The monoisotopic (exact) mass is 907 g/mol. The van der Waals surface area contributed by atoms with E-state index in [1.807, 2.05) is 0 Å². The molecule has 0 saturated heterocycles. The predicted molar refractivity (Wildman–Crippen MR) is 299 cm³/mol. The largest absolute Gasteiger partial charge is 0.309 e. The number of hydrogen-bond acceptors (Lipinski definition) is 0. The summed E-state index contributed by atoms with van der Waals surface area (Å²) in [6.45, 7) is 0. The molecule has 4 heteroatoms. The van der Waals surface area contributed by atoms with E-state index in [-0.39, 0.29) is 0 Å². The lowest BCUT2D eigenvalue weighted by atomic mass is 9.98. The molecule has 0 saturated carbocycles. The van der Waals surface area contributed by atoms with Crippen LogP contribution in [0, 0.1) is 0 Å². The molecule has 0 bridgehead atoms. The summed E-state index contributed by atoms with van der Waals surface area (Å²) in [5, 5.41) is 12.9. The zero-order valence-electron chi connectivity index (χ0n) is 38.3. The van der Waals surface area contributed by atoms with E-state index in [0.717, 1.165) is 17.1 Å². The predicted octanol–water partition coefficient (Wildman–Crippen LogP) is 14.0. The Morgan fingerprint density at radius 2 is 0.657 bits per heavy atom. The van der Waals surface area contributed by atoms with Gasteiger partial charge in [0.1, 0.15) is 0 Å². The van der Waals surface area contributed by atoms with Crippen molar-refractivity contribution in [3.63, 3.8) is 0 Å². The molecule has 70 heavy (non-hydrogen) atoms. The molecule has 0 unspecified atom stereocenters. The molecule has 14 aromatic rings. The van der Waals surface area contributed by atoms with Crippen LogP contribution in [0.5, 0.6) is 0 Å². The Kier molecular flexibility index (Phi) is 9.23. The molecule has 0 radical (unpaired) electrons. The number of aromatic nitrogens is 3. The smallest absolute Gasteiger partial charge is 0.179 e. The van der Waals surface area contributed by atoms with E-state index in [1.165, 1.54) is 97.3 Å². The van der Waals surface area contributed by atoms with Crippen molar-refractivity contribution in [2.45, 2.75) is 0 Å². The van der Waals surface area contributed by atoms with Crippen LogP contribution in [-0.4, -0.2) is 21.8 Å². The van der Waals surface area contributed by atoms with Crippen molar-refractivity contribution in [1.29, 1.82) is 0 Å². The van der Waals surface area contributed by atoms with Gasteiger partial charge in [0.25, 0.3) is 0 Å². The third-order valence-electron chi connectivity index (χ3n) is 14.8. The van der Waals surface area contributed by atoms with Gasteiger partial charge in [-0.05, 0) is 105 Å². The molecule has 14 rings (SSSR count). The summed E-state index contributed by atoms with van der Waals surface area (Å²) in [4.78, 5) is 0. The van der Waals surface area contributed by atoms with Crippen molar-refractivity contribution < 1.29 is 0 Å². The van der Waals surface area contributed by atoms with Gasteiger partial charge < -0.3 is 13.7 Å². The maximum atomic E-state index is 2.50. The van der Waals surface area contributed by atoms with Crippen LogP contribution in [-0.2, 0) is 0 Å². The molecule has 0 fully saturated rings. The Balaban J connectivity index is 0.972. The van der Waals surface area contributed by atoms with Crippen LogP contribution < -0.4 is 20.7 Å². The quantitative estimate of drug-likeness (QED) is 0.107. The lowest BCUT2D eigenvalue weighted by Gasteiger charge is -2.34. The van der Waals surface area contributed by atoms with Crippen molar-refractivity contribution in [2.24, 2.45) is 0 Å². The number of nitrogens with zero attached hydrogens (tertiary/aromatic N) is 3. The summed E-state index contributed by atoms with van der Waals surface area (Å²) < 4.78 is 7.36. The number of para-hydroxylation sites is 4. The lowest BCUT2D eigenvalue weighted by molar-refractivity contribution is 1.16. The average Bonchev–Trinajstić information content (AvgIpc) is 4.08. The first kappa shape index (κ1) is 40.1. The minimum absolute atomic E-state index is 1.13. The summed E-state index contributed by atoms with van der Waals surface area (Å²) in [7, 11) is -2.79. The number of fused-ring (bicyclic) bond motifs is 9. The van der Waals surface area contributed by atoms with E-state index < -0.39 is 8.07 Å². The van der Waals surface area contributed by atoms with E-state index in [9.17, 15) is 0 Å². The molecule has 0 amide bonds. The van der Waals surface area contributed by atoms with Crippen LogP contribution >= 0.6 is 0 Å². The van der Waals surface area contributed by atoms with Crippen molar-refractivity contribution in [3.05, 3.63) is 273 Å². The van der Waals surface area contributed by atoms with Gasteiger partial charge in [0.2, 0.25) is 0 Å². The highest BCUT2D eigenvalue weighted by atomic mass is 28.3. The minimum atomic E-state index is -2.79. The zero-order chi connectivity index (χ0) is 46.2. The standard InChI is InChI=1S/C66H45N3Si/c1-5-21-47(22-6-1)67-62-37-18-15-33-58(62)66-54(34-20-38-64(66)67)46-39-42-63-59(43-46)56-32-14-17-36-61(56)68(63)49-40-41-57-55-31-13-16-35-60(55)69(65(57)45-49)48-23-19-30-53(44-48)70(50-24-7-2-8-25-50,51-26-9-3-10-27-51)52-28-11-4-12-29-52/h1-45H. The Bertz CT molecular complexity index is 4180. The molecule has 0 aliphatic heterocycles. The average molecular weight is 908 g/mol. The van der Waals surface area contributed by atoms with Gasteiger partial charge in [-0.3, -0.25) is 0 Å². The molecule has 0 N–H and O–H groups in total. The van der Waals surface area contributed by atoms with Crippen molar-refractivity contribution >= 4 is 94.2 Å². The fourth-order valence-electron chi connectivity index (χ4n) is 11.9. The van der Waals surface area contributed by atoms with Crippen LogP contribution in [0.4, 0.5) is 0 Å². The number of rotatable bonds is 8. The first-order chi connectivity index (χ1) is 34.8. The number of benzene rings is 11. The summed E-state index contributed by atoms with van der Waals surface area (Å²) in [5.74, 6) is 0. The molecule has 11 aromatic carbocycles. The van der Waals surface area contributed by atoms with E-state index in [0.29, 0.717) is 0 Å². The van der Waals surface area contributed by atoms with Crippen LogP contribution in [0.1, 0.15) is 0 Å². The normalized spacial score (nSPS) is 12.0. The molecule has 0 spiro atoms. The fourth-order valence-corrected chi connectivity index (χ4v) is 16.6. The topological polar surface area (TPSA) is 14.8 Å². The molecule has 3 nitrogen and oxygen atoms in total. The Morgan fingerprint density at radius 1 is 0.229 bits per heavy atom. The highest BCUT2D eigenvalue weighted by molar-refractivity contribution is 7.19. The van der Waals surface area contributed by atoms with E-state index in [4.69, 9.17) is 0 Å². The fraction of sp³-hybridized carbons (Fsp3) is 0. The van der Waals surface area contributed by atoms with Crippen molar-refractivity contribution in [2.75, 3.05) is 0 Å². The maximum absolute atomic E-state index is 2.79. The van der Waals surface area contributed by atoms with Crippen molar-refractivity contribution in [3.8, 4) is 28.2 Å². The second kappa shape index (κ2) is 16.1. The zero-order valence-corrected chi connectivity index (χ0v) is 39.3. The van der Waals surface area contributed by atoms with Gasteiger partial charge in [0.15, 0.2) is 8.07 Å². The van der Waals surface area contributed by atoms with E-state index in [2.05, 4.69) is 287 Å². The Labute approximate surface area is 407 Å². The molecule has 0 atom stereocenters. The minimum Gasteiger partial charge on any atom is -0.309 e. The van der Waals surface area contributed by atoms with Crippen LogP contribution in [0.15, 0.2) is 273 Å². The Morgan fingerprint density at radius 3 is 1.30 bits per heavy atom.